The summed E-state index contributed by atoms with van der Waals surface area (Å²) < 4.78 is 0. The Hall–Kier alpha value is -2.62. The molecular formula is C23H28N2O2. The van der Waals surface area contributed by atoms with Crippen LogP contribution < -0.4 is 5.73 Å². The smallest absolute Gasteiger partial charge is 0.225 e. The topological polar surface area (TPSA) is 63.4 Å². The molecule has 2 aromatic rings. The van der Waals surface area contributed by atoms with Gasteiger partial charge in [-0.2, -0.15) is 0 Å². The van der Waals surface area contributed by atoms with Crippen molar-refractivity contribution in [3.05, 3.63) is 59.7 Å². The van der Waals surface area contributed by atoms with Crippen LogP contribution in [0.15, 0.2) is 48.5 Å². The standard InChI is InChI=1S/C23H28N2O2/c1-3-21(26)25-12-6-11-23(16-25,22(24)27)15-18-8-5-10-20(14-18)19-9-4-7-17(2)13-19/h4-5,7-10,13-14H,3,6,11-12,15-16H2,1-2H3,(H2,24,27)/t23-/m1/s1. The number of hydrogen-bond acceptors (Lipinski definition) is 2. The fourth-order valence-corrected chi connectivity index (χ4v) is 4.08. The van der Waals surface area contributed by atoms with E-state index in [1.54, 1.807) is 4.90 Å². The van der Waals surface area contributed by atoms with Crippen molar-refractivity contribution >= 4 is 11.8 Å². The number of aryl methyl sites for hydroxylation is 1. The first-order chi connectivity index (χ1) is 12.9. The molecule has 2 N–H and O–H groups in total. The molecule has 1 atom stereocenters. The van der Waals surface area contributed by atoms with E-state index in [0.29, 0.717) is 25.9 Å². The molecule has 1 aliphatic heterocycles. The van der Waals surface area contributed by atoms with Gasteiger partial charge in [0.25, 0.3) is 0 Å². The molecule has 2 amide bonds. The third-order valence-electron chi connectivity index (χ3n) is 5.58. The van der Waals surface area contributed by atoms with Crippen LogP contribution in [0.1, 0.15) is 37.3 Å². The predicted molar refractivity (Wildman–Crippen MR) is 108 cm³/mol. The zero-order valence-electron chi connectivity index (χ0n) is 16.2. The maximum Gasteiger partial charge on any atom is 0.225 e. The number of rotatable bonds is 5. The molecule has 0 aliphatic carbocycles. The molecule has 0 aromatic heterocycles. The minimum atomic E-state index is -0.686. The number of carbonyl (C=O) groups excluding carboxylic acids is 2. The Kier molecular flexibility index (Phi) is 5.64. The van der Waals surface area contributed by atoms with E-state index in [1.165, 1.54) is 5.56 Å². The molecule has 27 heavy (non-hydrogen) atoms. The van der Waals surface area contributed by atoms with Gasteiger partial charge in [0.15, 0.2) is 0 Å². The van der Waals surface area contributed by atoms with Crippen LogP contribution in [0.4, 0.5) is 0 Å². The Morgan fingerprint density at radius 1 is 1.11 bits per heavy atom. The molecule has 1 aliphatic rings. The molecule has 0 radical (unpaired) electrons. The SMILES string of the molecule is CCC(=O)N1CCC[C@](Cc2cccc(-c3cccc(C)c3)c2)(C(N)=O)C1. The Labute approximate surface area is 161 Å². The molecule has 4 nitrogen and oxygen atoms in total. The minimum absolute atomic E-state index is 0.0915. The van der Waals surface area contributed by atoms with E-state index in [-0.39, 0.29) is 11.8 Å². The van der Waals surface area contributed by atoms with Gasteiger partial charge in [0.2, 0.25) is 11.8 Å². The fraction of sp³-hybridized carbons (Fsp3) is 0.391. The number of primary amides is 1. The van der Waals surface area contributed by atoms with Crippen molar-refractivity contribution in [1.29, 1.82) is 0 Å². The van der Waals surface area contributed by atoms with E-state index in [2.05, 4.69) is 43.3 Å². The first-order valence-electron chi connectivity index (χ1n) is 9.67. The monoisotopic (exact) mass is 364 g/mol. The normalized spacial score (nSPS) is 19.7. The van der Waals surface area contributed by atoms with Crippen molar-refractivity contribution in [3.8, 4) is 11.1 Å². The number of hydrogen-bond donors (Lipinski definition) is 1. The van der Waals surface area contributed by atoms with E-state index in [9.17, 15) is 9.59 Å². The van der Waals surface area contributed by atoms with Gasteiger partial charge < -0.3 is 10.6 Å². The van der Waals surface area contributed by atoms with Gasteiger partial charge in [0.1, 0.15) is 0 Å². The summed E-state index contributed by atoms with van der Waals surface area (Å²) in [5.74, 6) is -0.217. The summed E-state index contributed by atoms with van der Waals surface area (Å²) in [7, 11) is 0. The van der Waals surface area contributed by atoms with Gasteiger partial charge >= 0.3 is 0 Å². The molecule has 0 bridgehead atoms. The molecule has 1 saturated heterocycles. The summed E-state index contributed by atoms with van der Waals surface area (Å²) in [6, 6.07) is 16.7. The van der Waals surface area contributed by atoms with Crippen LogP contribution in [0, 0.1) is 12.3 Å². The zero-order valence-corrected chi connectivity index (χ0v) is 16.2. The highest BCUT2D eigenvalue weighted by atomic mass is 16.2. The lowest BCUT2D eigenvalue weighted by Gasteiger charge is -2.41. The second-order valence-corrected chi connectivity index (χ2v) is 7.66. The zero-order chi connectivity index (χ0) is 19.4. The lowest BCUT2D eigenvalue weighted by atomic mass is 9.74. The summed E-state index contributed by atoms with van der Waals surface area (Å²) in [5.41, 5.74) is 9.75. The summed E-state index contributed by atoms with van der Waals surface area (Å²) in [4.78, 5) is 26.4. The maximum absolute atomic E-state index is 12.4. The molecule has 2 aromatic carbocycles. The first-order valence-corrected chi connectivity index (χ1v) is 9.67. The van der Waals surface area contributed by atoms with Crippen LogP contribution >= 0.6 is 0 Å². The number of piperidine rings is 1. The predicted octanol–water partition coefficient (Wildman–Crippen LogP) is 3.71. The van der Waals surface area contributed by atoms with Gasteiger partial charge in [-0.25, -0.2) is 0 Å². The van der Waals surface area contributed by atoms with E-state index < -0.39 is 5.41 Å². The second-order valence-electron chi connectivity index (χ2n) is 7.66. The number of likely N-dealkylation sites (tertiary alicyclic amines) is 1. The third kappa shape index (κ3) is 4.21. The highest BCUT2D eigenvalue weighted by Crippen LogP contribution is 2.35. The molecule has 1 fully saturated rings. The Bertz CT molecular complexity index is 846. The summed E-state index contributed by atoms with van der Waals surface area (Å²) >= 11 is 0. The fourth-order valence-electron chi connectivity index (χ4n) is 4.08. The van der Waals surface area contributed by atoms with E-state index in [0.717, 1.165) is 29.5 Å². The van der Waals surface area contributed by atoms with Crippen molar-refractivity contribution < 1.29 is 9.59 Å². The van der Waals surface area contributed by atoms with Crippen molar-refractivity contribution in [1.82, 2.24) is 4.90 Å². The van der Waals surface area contributed by atoms with Crippen molar-refractivity contribution in [2.45, 2.75) is 39.5 Å². The van der Waals surface area contributed by atoms with Crippen LogP contribution in [-0.2, 0) is 16.0 Å². The number of amides is 2. The van der Waals surface area contributed by atoms with Gasteiger partial charge in [-0.15, -0.1) is 0 Å². The Balaban J connectivity index is 1.88. The molecule has 4 heteroatoms. The number of benzene rings is 2. The Morgan fingerprint density at radius 2 is 1.81 bits per heavy atom. The largest absolute Gasteiger partial charge is 0.369 e. The summed E-state index contributed by atoms with van der Waals surface area (Å²) in [6.45, 7) is 5.07. The van der Waals surface area contributed by atoms with Gasteiger partial charge in [-0.3, -0.25) is 9.59 Å². The van der Waals surface area contributed by atoms with Crippen molar-refractivity contribution in [2.24, 2.45) is 11.1 Å². The molecule has 142 valence electrons. The lowest BCUT2D eigenvalue weighted by Crippen LogP contribution is -2.53. The molecule has 0 spiro atoms. The maximum atomic E-state index is 12.4. The van der Waals surface area contributed by atoms with Crippen LogP contribution in [0.25, 0.3) is 11.1 Å². The highest BCUT2D eigenvalue weighted by molar-refractivity contribution is 5.83. The second kappa shape index (κ2) is 7.95. The molecular weight excluding hydrogens is 336 g/mol. The van der Waals surface area contributed by atoms with Crippen LogP contribution in [0.5, 0.6) is 0 Å². The summed E-state index contributed by atoms with van der Waals surface area (Å²) in [6.07, 6.45) is 2.56. The average molecular weight is 364 g/mol. The molecule has 0 unspecified atom stereocenters. The summed E-state index contributed by atoms with van der Waals surface area (Å²) in [5, 5.41) is 0. The Morgan fingerprint density at radius 3 is 2.48 bits per heavy atom. The quantitative estimate of drug-likeness (QED) is 0.879. The third-order valence-corrected chi connectivity index (χ3v) is 5.58. The van der Waals surface area contributed by atoms with Crippen LogP contribution in [0.2, 0.25) is 0 Å². The highest BCUT2D eigenvalue weighted by Gasteiger charge is 2.41. The van der Waals surface area contributed by atoms with Crippen molar-refractivity contribution in [2.75, 3.05) is 13.1 Å². The minimum Gasteiger partial charge on any atom is -0.369 e. The molecule has 0 saturated carbocycles. The molecule has 1 heterocycles. The van der Waals surface area contributed by atoms with E-state index >= 15 is 0 Å². The van der Waals surface area contributed by atoms with Gasteiger partial charge in [0, 0.05) is 19.5 Å². The lowest BCUT2D eigenvalue weighted by molar-refractivity contribution is -0.139. The molecule has 3 rings (SSSR count). The van der Waals surface area contributed by atoms with E-state index in [4.69, 9.17) is 5.73 Å². The van der Waals surface area contributed by atoms with Gasteiger partial charge in [-0.1, -0.05) is 61.0 Å². The number of nitrogens with zero attached hydrogens (tertiary/aromatic N) is 1. The van der Waals surface area contributed by atoms with Gasteiger partial charge in [0.05, 0.1) is 5.41 Å². The van der Waals surface area contributed by atoms with Crippen LogP contribution in [0.3, 0.4) is 0 Å². The van der Waals surface area contributed by atoms with Crippen LogP contribution in [-0.4, -0.2) is 29.8 Å². The van der Waals surface area contributed by atoms with Crippen molar-refractivity contribution in [3.63, 3.8) is 0 Å². The number of carbonyl (C=O) groups is 2. The first kappa shape index (κ1) is 19.2. The van der Waals surface area contributed by atoms with E-state index in [1.807, 2.05) is 19.1 Å². The number of nitrogens with two attached hydrogens (primary N) is 1. The van der Waals surface area contributed by atoms with Gasteiger partial charge in [-0.05, 0) is 42.9 Å². The average Bonchev–Trinajstić information content (AvgIpc) is 2.67.